The molecule has 0 bridgehead atoms. The minimum Gasteiger partial charge on any atom is -0.508 e. The fraction of sp³-hybridized carbons (Fsp3) is 0.739. The molecule has 0 aromatic heterocycles. The Hall–Kier alpha value is -1.02. The van der Waals surface area contributed by atoms with E-state index in [-0.39, 0.29) is 21.9 Å². The lowest BCUT2D eigenvalue weighted by molar-refractivity contribution is 0.160. The monoisotopic (exact) mass is 345 g/mol. The van der Waals surface area contributed by atoms with Gasteiger partial charge in [0.1, 0.15) is 5.75 Å². The standard InChI is InChI=1S/C23H39NO/c1-20(2,3)15-21(4,5)17-10-11-19(25)18(12-17)16-13-22(6,7)24-23(8,9)14-16/h10-12,16,24-25H,13-15H2,1-9H3. The van der Waals surface area contributed by atoms with Gasteiger partial charge in [0, 0.05) is 11.1 Å². The third-order valence-corrected chi connectivity index (χ3v) is 5.41. The van der Waals surface area contributed by atoms with Gasteiger partial charge in [0.15, 0.2) is 0 Å². The summed E-state index contributed by atoms with van der Waals surface area (Å²) in [6.07, 6.45) is 3.22. The van der Waals surface area contributed by atoms with E-state index in [2.05, 4.69) is 79.8 Å². The van der Waals surface area contributed by atoms with Gasteiger partial charge < -0.3 is 10.4 Å². The van der Waals surface area contributed by atoms with Crippen LogP contribution in [0.2, 0.25) is 0 Å². The lowest BCUT2D eigenvalue weighted by Gasteiger charge is -2.47. The molecule has 1 heterocycles. The highest BCUT2D eigenvalue weighted by Gasteiger charge is 2.39. The number of phenols is 1. The number of hydrogen-bond donors (Lipinski definition) is 2. The van der Waals surface area contributed by atoms with E-state index >= 15 is 0 Å². The molecule has 1 aromatic rings. The summed E-state index contributed by atoms with van der Waals surface area (Å²) in [5, 5.41) is 14.4. The first-order valence-electron chi connectivity index (χ1n) is 9.73. The van der Waals surface area contributed by atoms with Gasteiger partial charge in [-0.2, -0.15) is 0 Å². The van der Waals surface area contributed by atoms with E-state index in [1.165, 1.54) is 5.56 Å². The predicted molar refractivity (Wildman–Crippen MR) is 108 cm³/mol. The van der Waals surface area contributed by atoms with Crippen molar-refractivity contribution in [2.24, 2.45) is 5.41 Å². The lowest BCUT2D eigenvalue weighted by atomic mass is 9.69. The summed E-state index contributed by atoms with van der Waals surface area (Å²) in [6.45, 7) is 20.6. The molecule has 0 saturated carbocycles. The van der Waals surface area contributed by atoms with Crippen molar-refractivity contribution < 1.29 is 5.11 Å². The fourth-order valence-corrected chi connectivity index (χ4v) is 5.27. The molecule has 0 unspecified atom stereocenters. The Kier molecular flexibility index (Phi) is 5.11. The Bertz CT molecular complexity index is 603. The first kappa shape index (κ1) is 20.3. The highest BCUT2D eigenvalue weighted by molar-refractivity contribution is 5.42. The molecule has 142 valence electrons. The summed E-state index contributed by atoms with van der Waals surface area (Å²) in [6, 6.07) is 6.31. The Morgan fingerprint density at radius 2 is 1.52 bits per heavy atom. The number of aromatic hydroxyl groups is 1. The van der Waals surface area contributed by atoms with Gasteiger partial charge in [0.25, 0.3) is 0 Å². The topological polar surface area (TPSA) is 32.3 Å². The van der Waals surface area contributed by atoms with Gasteiger partial charge in [-0.15, -0.1) is 0 Å². The predicted octanol–water partition coefficient (Wildman–Crippen LogP) is 6.13. The summed E-state index contributed by atoms with van der Waals surface area (Å²) in [5.41, 5.74) is 3.00. The summed E-state index contributed by atoms with van der Waals surface area (Å²) in [4.78, 5) is 0. The Labute approximate surface area is 155 Å². The third kappa shape index (κ3) is 5.23. The molecule has 2 N–H and O–H groups in total. The quantitative estimate of drug-likeness (QED) is 0.690. The van der Waals surface area contributed by atoms with Crippen LogP contribution in [0.3, 0.4) is 0 Å². The molecular formula is C23H39NO. The Morgan fingerprint density at radius 3 is 2.00 bits per heavy atom. The maximum absolute atomic E-state index is 10.6. The number of rotatable bonds is 3. The third-order valence-electron chi connectivity index (χ3n) is 5.41. The number of phenolic OH excluding ortho intramolecular Hbond substituents is 1. The maximum atomic E-state index is 10.6. The van der Waals surface area contributed by atoms with Gasteiger partial charge in [0.2, 0.25) is 0 Å². The van der Waals surface area contributed by atoms with E-state index in [4.69, 9.17) is 0 Å². The zero-order valence-corrected chi connectivity index (χ0v) is 17.9. The normalized spacial score (nSPS) is 21.3. The molecule has 1 aliphatic heterocycles. The zero-order chi connectivity index (χ0) is 19.3. The van der Waals surface area contributed by atoms with Crippen molar-refractivity contribution in [3.63, 3.8) is 0 Å². The van der Waals surface area contributed by atoms with Crippen LogP contribution < -0.4 is 5.32 Å². The summed E-state index contributed by atoms with van der Waals surface area (Å²) in [7, 11) is 0. The highest BCUT2D eigenvalue weighted by Crippen LogP contribution is 2.44. The molecule has 0 amide bonds. The minimum absolute atomic E-state index is 0.0792. The van der Waals surface area contributed by atoms with Crippen LogP contribution in [0.4, 0.5) is 0 Å². The lowest BCUT2D eigenvalue weighted by Crippen LogP contribution is -2.57. The van der Waals surface area contributed by atoms with E-state index in [1.807, 2.05) is 6.07 Å². The van der Waals surface area contributed by atoms with Gasteiger partial charge in [-0.3, -0.25) is 0 Å². The van der Waals surface area contributed by atoms with Gasteiger partial charge >= 0.3 is 0 Å². The average molecular weight is 346 g/mol. The van der Waals surface area contributed by atoms with Crippen LogP contribution in [0.15, 0.2) is 18.2 Å². The van der Waals surface area contributed by atoms with Crippen LogP contribution in [0.5, 0.6) is 5.75 Å². The molecule has 2 heteroatoms. The molecule has 2 rings (SSSR count). The second kappa shape index (κ2) is 6.30. The van der Waals surface area contributed by atoms with Gasteiger partial charge in [0.05, 0.1) is 0 Å². The van der Waals surface area contributed by atoms with E-state index < -0.39 is 0 Å². The minimum atomic E-state index is 0.0792. The largest absolute Gasteiger partial charge is 0.508 e. The van der Waals surface area contributed by atoms with E-state index in [1.54, 1.807) is 0 Å². The smallest absolute Gasteiger partial charge is 0.119 e. The molecule has 0 atom stereocenters. The van der Waals surface area contributed by atoms with Crippen LogP contribution in [-0.4, -0.2) is 16.2 Å². The molecule has 1 aliphatic rings. The Morgan fingerprint density at radius 1 is 1.00 bits per heavy atom. The summed E-state index contributed by atoms with van der Waals surface area (Å²) < 4.78 is 0. The number of piperidine rings is 1. The van der Waals surface area contributed by atoms with E-state index in [9.17, 15) is 5.11 Å². The van der Waals surface area contributed by atoms with Crippen LogP contribution >= 0.6 is 0 Å². The van der Waals surface area contributed by atoms with Crippen molar-refractivity contribution >= 4 is 0 Å². The molecule has 0 spiro atoms. The fourth-order valence-electron chi connectivity index (χ4n) is 5.27. The maximum Gasteiger partial charge on any atom is 0.119 e. The first-order chi connectivity index (χ1) is 11.1. The van der Waals surface area contributed by atoms with Crippen LogP contribution in [0, 0.1) is 5.41 Å². The second-order valence-corrected chi connectivity index (χ2v) is 11.4. The SMILES string of the molecule is CC(C)(C)CC(C)(C)c1ccc(O)c(C2CC(C)(C)NC(C)(C)C2)c1. The van der Waals surface area contributed by atoms with Crippen molar-refractivity contribution in [1.82, 2.24) is 5.32 Å². The first-order valence-corrected chi connectivity index (χ1v) is 9.73. The molecule has 1 saturated heterocycles. The van der Waals surface area contributed by atoms with Crippen molar-refractivity contribution in [2.75, 3.05) is 0 Å². The number of benzene rings is 1. The van der Waals surface area contributed by atoms with Crippen LogP contribution in [0.25, 0.3) is 0 Å². The van der Waals surface area contributed by atoms with Crippen molar-refractivity contribution in [3.8, 4) is 5.75 Å². The van der Waals surface area contributed by atoms with Crippen LogP contribution in [0.1, 0.15) is 98.6 Å². The number of hydrogen-bond acceptors (Lipinski definition) is 2. The molecule has 0 aliphatic carbocycles. The molecule has 1 aromatic carbocycles. The molecule has 25 heavy (non-hydrogen) atoms. The number of nitrogens with one attached hydrogen (secondary N) is 1. The average Bonchev–Trinajstić information content (AvgIpc) is 2.31. The van der Waals surface area contributed by atoms with E-state index in [0.29, 0.717) is 11.7 Å². The van der Waals surface area contributed by atoms with Gasteiger partial charge in [-0.05, 0) is 80.9 Å². The van der Waals surface area contributed by atoms with E-state index in [0.717, 1.165) is 24.8 Å². The molecular weight excluding hydrogens is 306 g/mol. The molecule has 2 nitrogen and oxygen atoms in total. The van der Waals surface area contributed by atoms with Gasteiger partial charge in [-0.25, -0.2) is 0 Å². The zero-order valence-electron chi connectivity index (χ0n) is 17.9. The summed E-state index contributed by atoms with van der Waals surface area (Å²) in [5.74, 6) is 0.838. The van der Waals surface area contributed by atoms with Crippen molar-refractivity contribution in [3.05, 3.63) is 29.3 Å². The Balaban J connectivity index is 2.39. The highest BCUT2D eigenvalue weighted by atomic mass is 16.3. The molecule has 1 fully saturated rings. The second-order valence-electron chi connectivity index (χ2n) is 11.4. The van der Waals surface area contributed by atoms with Gasteiger partial charge in [-0.1, -0.05) is 46.8 Å². The van der Waals surface area contributed by atoms with Crippen molar-refractivity contribution in [2.45, 2.75) is 104 Å². The van der Waals surface area contributed by atoms with Crippen LogP contribution in [-0.2, 0) is 5.41 Å². The molecule has 0 radical (unpaired) electrons. The summed E-state index contributed by atoms with van der Waals surface area (Å²) >= 11 is 0. The van der Waals surface area contributed by atoms with Crippen molar-refractivity contribution in [1.29, 1.82) is 0 Å².